The SMILES string of the molecule is CSC(=N[C@@H](C)C(C)C)C(F)(F)F. The van der Waals surface area contributed by atoms with E-state index in [4.69, 9.17) is 0 Å². The number of hydrogen-bond donors (Lipinski definition) is 0. The molecule has 0 aromatic carbocycles. The third-order valence-corrected chi connectivity index (χ3v) is 2.45. The summed E-state index contributed by atoms with van der Waals surface area (Å²) in [6.07, 6.45) is -2.91. The predicted octanol–water partition coefficient (Wildman–Crippen LogP) is 3.35. The van der Waals surface area contributed by atoms with Gasteiger partial charge in [0.25, 0.3) is 0 Å². The van der Waals surface area contributed by atoms with Crippen LogP contribution < -0.4 is 0 Å². The first-order valence-corrected chi connectivity index (χ1v) is 5.20. The second-order valence-corrected chi connectivity index (χ2v) is 3.92. The highest BCUT2D eigenvalue weighted by Crippen LogP contribution is 2.25. The van der Waals surface area contributed by atoms with Crippen LogP contribution in [0.2, 0.25) is 0 Å². The normalized spacial score (nSPS) is 16.5. The molecule has 0 fully saturated rings. The fourth-order valence-electron chi connectivity index (χ4n) is 0.576. The van der Waals surface area contributed by atoms with E-state index in [1.165, 1.54) is 6.26 Å². The van der Waals surface area contributed by atoms with Gasteiger partial charge in [-0.3, -0.25) is 4.99 Å². The Balaban J connectivity index is 4.57. The van der Waals surface area contributed by atoms with Gasteiger partial charge in [-0.2, -0.15) is 13.2 Å². The molecule has 5 heteroatoms. The molecule has 0 aliphatic carbocycles. The molecule has 1 nitrogen and oxygen atoms in total. The highest BCUT2D eigenvalue weighted by molar-refractivity contribution is 8.13. The smallest absolute Gasteiger partial charge is 0.271 e. The lowest BCUT2D eigenvalue weighted by Gasteiger charge is -2.14. The van der Waals surface area contributed by atoms with Gasteiger partial charge in [0, 0.05) is 0 Å². The molecule has 0 rings (SSSR count). The molecule has 0 heterocycles. The van der Waals surface area contributed by atoms with Crippen LogP contribution in [0.1, 0.15) is 20.8 Å². The number of alkyl halides is 3. The highest BCUT2D eigenvalue weighted by atomic mass is 32.2. The number of thioether (sulfide) groups is 1. The minimum atomic E-state index is -4.30. The van der Waals surface area contributed by atoms with Crippen LogP contribution in [0.15, 0.2) is 4.99 Å². The Kier molecular flexibility index (Phi) is 4.81. The van der Waals surface area contributed by atoms with Crippen LogP contribution in [-0.4, -0.2) is 23.5 Å². The standard InChI is InChI=1S/C8H14F3NS/c1-5(2)6(3)12-7(13-4)8(9,10)11/h5-6H,1-4H3/t6-/m0/s1. The molecule has 78 valence electrons. The van der Waals surface area contributed by atoms with Crippen molar-refractivity contribution in [1.29, 1.82) is 0 Å². The van der Waals surface area contributed by atoms with Crippen molar-refractivity contribution >= 4 is 16.8 Å². The number of halogens is 3. The fourth-order valence-corrected chi connectivity index (χ4v) is 1.08. The zero-order chi connectivity index (χ0) is 10.6. The van der Waals surface area contributed by atoms with Crippen molar-refractivity contribution in [1.82, 2.24) is 0 Å². The summed E-state index contributed by atoms with van der Waals surface area (Å²) in [5, 5.41) is -0.742. The molecule has 0 bridgehead atoms. The first kappa shape index (κ1) is 12.8. The van der Waals surface area contributed by atoms with E-state index in [-0.39, 0.29) is 12.0 Å². The summed E-state index contributed by atoms with van der Waals surface area (Å²) in [5.74, 6) is 0.129. The van der Waals surface area contributed by atoms with Crippen molar-refractivity contribution in [2.75, 3.05) is 6.26 Å². The molecule has 0 aromatic rings. The average molecular weight is 213 g/mol. The Bertz CT molecular complexity index is 186. The number of nitrogens with zero attached hydrogens (tertiary/aromatic N) is 1. The molecule has 0 aliphatic heterocycles. The Morgan fingerprint density at radius 3 is 1.92 bits per heavy atom. The lowest BCUT2D eigenvalue weighted by atomic mass is 10.1. The molecule has 0 amide bonds. The number of hydrogen-bond acceptors (Lipinski definition) is 2. The van der Waals surface area contributed by atoms with Gasteiger partial charge in [0.2, 0.25) is 0 Å². The lowest BCUT2D eigenvalue weighted by Crippen LogP contribution is -2.22. The average Bonchev–Trinajstić information content (AvgIpc) is 1.96. The molecule has 0 aliphatic rings. The molecule has 0 unspecified atom stereocenters. The molecule has 0 radical (unpaired) electrons. The predicted molar refractivity (Wildman–Crippen MR) is 51.3 cm³/mol. The van der Waals surface area contributed by atoms with Gasteiger partial charge in [-0.05, 0) is 19.1 Å². The van der Waals surface area contributed by atoms with E-state index >= 15 is 0 Å². The minimum absolute atomic E-state index is 0.129. The first-order chi connectivity index (χ1) is 5.79. The van der Waals surface area contributed by atoms with Gasteiger partial charge in [0.05, 0.1) is 6.04 Å². The van der Waals surface area contributed by atoms with Crippen molar-refractivity contribution in [3.63, 3.8) is 0 Å². The van der Waals surface area contributed by atoms with Crippen molar-refractivity contribution in [3.8, 4) is 0 Å². The summed E-state index contributed by atoms with van der Waals surface area (Å²) in [7, 11) is 0. The first-order valence-electron chi connectivity index (χ1n) is 3.98. The van der Waals surface area contributed by atoms with Crippen LogP contribution in [0.4, 0.5) is 13.2 Å². The second-order valence-electron chi connectivity index (χ2n) is 3.12. The van der Waals surface area contributed by atoms with Crippen LogP contribution in [-0.2, 0) is 0 Å². The molecular weight excluding hydrogens is 199 g/mol. The van der Waals surface area contributed by atoms with E-state index < -0.39 is 11.2 Å². The fraction of sp³-hybridized carbons (Fsp3) is 0.875. The second kappa shape index (κ2) is 4.88. The Morgan fingerprint density at radius 1 is 1.23 bits per heavy atom. The summed E-state index contributed by atoms with van der Waals surface area (Å²) < 4.78 is 36.6. The quantitative estimate of drug-likeness (QED) is 0.506. The van der Waals surface area contributed by atoms with Gasteiger partial charge in [0.15, 0.2) is 5.04 Å². The zero-order valence-electron chi connectivity index (χ0n) is 8.14. The number of aliphatic imine (C=N–C) groups is 1. The zero-order valence-corrected chi connectivity index (χ0v) is 8.96. The van der Waals surface area contributed by atoms with Gasteiger partial charge in [-0.1, -0.05) is 13.8 Å². The highest BCUT2D eigenvalue weighted by Gasteiger charge is 2.35. The van der Waals surface area contributed by atoms with Crippen molar-refractivity contribution < 1.29 is 13.2 Å². The molecule has 0 N–H and O–H groups in total. The van der Waals surface area contributed by atoms with Crippen LogP contribution in [0, 0.1) is 5.92 Å². The van der Waals surface area contributed by atoms with E-state index in [2.05, 4.69) is 4.99 Å². The van der Waals surface area contributed by atoms with E-state index in [0.717, 1.165) is 0 Å². The molecule has 0 aromatic heterocycles. The van der Waals surface area contributed by atoms with Crippen LogP contribution >= 0.6 is 11.8 Å². The van der Waals surface area contributed by atoms with Crippen molar-refractivity contribution in [2.45, 2.75) is 33.0 Å². The molecule has 0 saturated heterocycles. The Hall–Kier alpha value is -0.190. The van der Waals surface area contributed by atoms with E-state index in [1.807, 2.05) is 13.8 Å². The molecule has 0 saturated carbocycles. The molecule has 0 spiro atoms. The van der Waals surface area contributed by atoms with Gasteiger partial charge < -0.3 is 0 Å². The van der Waals surface area contributed by atoms with Crippen molar-refractivity contribution in [3.05, 3.63) is 0 Å². The van der Waals surface area contributed by atoms with E-state index in [1.54, 1.807) is 6.92 Å². The van der Waals surface area contributed by atoms with Crippen LogP contribution in [0.25, 0.3) is 0 Å². The third-order valence-electron chi connectivity index (χ3n) is 1.72. The summed E-state index contributed by atoms with van der Waals surface area (Å²) in [5.41, 5.74) is 0. The topological polar surface area (TPSA) is 12.4 Å². The van der Waals surface area contributed by atoms with Crippen molar-refractivity contribution in [2.24, 2.45) is 10.9 Å². The molecular formula is C8H14F3NS. The Labute approximate surface area is 80.8 Å². The van der Waals surface area contributed by atoms with E-state index in [0.29, 0.717) is 11.8 Å². The lowest BCUT2D eigenvalue weighted by molar-refractivity contribution is -0.0558. The molecule has 13 heavy (non-hydrogen) atoms. The number of rotatable bonds is 2. The van der Waals surface area contributed by atoms with Crippen LogP contribution in [0.5, 0.6) is 0 Å². The maximum absolute atomic E-state index is 12.2. The van der Waals surface area contributed by atoms with Gasteiger partial charge >= 0.3 is 6.18 Å². The summed E-state index contributed by atoms with van der Waals surface area (Å²) in [6.45, 7) is 5.39. The summed E-state index contributed by atoms with van der Waals surface area (Å²) in [4.78, 5) is 3.62. The molecule has 1 atom stereocenters. The maximum Gasteiger partial charge on any atom is 0.439 e. The Morgan fingerprint density at radius 2 is 1.69 bits per heavy atom. The third kappa shape index (κ3) is 4.55. The van der Waals surface area contributed by atoms with Crippen LogP contribution in [0.3, 0.4) is 0 Å². The summed E-state index contributed by atoms with van der Waals surface area (Å²) in [6, 6.07) is -0.288. The largest absolute Gasteiger partial charge is 0.439 e. The van der Waals surface area contributed by atoms with Gasteiger partial charge in [-0.15, -0.1) is 11.8 Å². The summed E-state index contributed by atoms with van der Waals surface area (Å²) >= 11 is 0.648. The maximum atomic E-state index is 12.2. The van der Waals surface area contributed by atoms with E-state index in [9.17, 15) is 13.2 Å². The van der Waals surface area contributed by atoms with Gasteiger partial charge in [0.1, 0.15) is 0 Å². The minimum Gasteiger partial charge on any atom is -0.271 e. The van der Waals surface area contributed by atoms with Gasteiger partial charge in [-0.25, -0.2) is 0 Å². The monoisotopic (exact) mass is 213 g/mol.